The molecule has 0 unspecified atom stereocenters. The molecule has 7 heteroatoms. The lowest BCUT2D eigenvalue weighted by Crippen LogP contribution is -2.30. The zero-order valence-corrected chi connectivity index (χ0v) is 10.1. The molecular formula is C11H9ClFN3O2. The minimum absolute atomic E-state index is 0.00673. The second-order valence-electron chi connectivity index (χ2n) is 3.50. The third-order valence-corrected chi connectivity index (χ3v) is 2.44. The average Bonchev–Trinajstić information content (AvgIpc) is 2.75. The Labute approximate surface area is 107 Å². The van der Waals surface area contributed by atoms with Crippen LogP contribution in [0.15, 0.2) is 28.8 Å². The number of nitrogens with one attached hydrogen (secondary N) is 2. The number of amides is 1. The van der Waals surface area contributed by atoms with E-state index in [0.29, 0.717) is 5.76 Å². The first-order valence-corrected chi connectivity index (χ1v) is 5.39. The summed E-state index contributed by atoms with van der Waals surface area (Å²) in [5.74, 6) is -0.616. The lowest BCUT2D eigenvalue weighted by atomic mass is 10.3. The Hall–Kier alpha value is -2.08. The summed E-state index contributed by atoms with van der Waals surface area (Å²) in [6.07, 6.45) is 0. The van der Waals surface area contributed by atoms with Crippen LogP contribution in [0.1, 0.15) is 16.2 Å². The third-order valence-electron chi connectivity index (χ3n) is 2.12. The fourth-order valence-corrected chi connectivity index (χ4v) is 1.48. The lowest BCUT2D eigenvalue weighted by Gasteiger charge is -2.09. The number of anilines is 1. The van der Waals surface area contributed by atoms with Crippen molar-refractivity contribution in [2.24, 2.45) is 0 Å². The van der Waals surface area contributed by atoms with Crippen LogP contribution >= 0.6 is 11.6 Å². The van der Waals surface area contributed by atoms with E-state index in [9.17, 15) is 9.18 Å². The number of halogens is 2. The molecule has 0 saturated carbocycles. The van der Waals surface area contributed by atoms with Gasteiger partial charge in [0.25, 0.3) is 5.91 Å². The van der Waals surface area contributed by atoms with E-state index in [4.69, 9.17) is 16.1 Å². The standard InChI is InChI=1S/C11H9ClFN3O2/c1-6-5-9(16-18-6)11(17)15-14-10-7(12)3-2-4-8(10)13/h2-5,14H,1H3,(H,15,17). The Kier molecular flexibility index (Phi) is 3.47. The van der Waals surface area contributed by atoms with E-state index in [0.717, 1.165) is 0 Å². The zero-order chi connectivity index (χ0) is 13.1. The zero-order valence-electron chi connectivity index (χ0n) is 9.33. The van der Waals surface area contributed by atoms with Gasteiger partial charge in [0.05, 0.1) is 5.02 Å². The van der Waals surface area contributed by atoms with Gasteiger partial charge in [0.15, 0.2) is 5.69 Å². The van der Waals surface area contributed by atoms with E-state index in [2.05, 4.69) is 16.0 Å². The second-order valence-corrected chi connectivity index (χ2v) is 3.91. The topological polar surface area (TPSA) is 67.2 Å². The molecule has 1 aromatic heterocycles. The van der Waals surface area contributed by atoms with Crippen molar-refractivity contribution in [3.63, 3.8) is 0 Å². The van der Waals surface area contributed by atoms with Crippen LogP contribution in [0, 0.1) is 12.7 Å². The number of benzene rings is 1. The number of hydrogen-bond acceptors (Lipinski definition) is 4. The van der Waals surface area contributed by atoms with Gasteiger partial charge in [-0.05, 0) is 19.1 Å². The SMILES string of the molecule is Cc1cc(C(=O)NNc2c(F)cccc2Cl)no1. The molecule has 2 rings (SSSR count). The van der Waals surface area contributed by atoms with Gasteiger partial charge in [0.1, 0.15) is 17.3 Å². The quantitative estimate of drug-likeness (QED) is 0.840. The summed E-state index contributed by atoms with van der Waals surface area (Å²) >= 11 is 5.78. The molecule has 94 valence electrons. The first kappa shape index (κ1) is 12.4. The number of hydrogen-bond donors (Lipinski definition) is 2. The summed E-state index contributed by atoms with van der Waals surface area (Å²) in [6, 6.07) is 5.64. The summed E-state index contributed by atoms with van der Waals surface area (Å²) in [5.41, 5.74) is 4.76. The van der Waals surface area contributed by atoms with Gasteiger partial charge >= 0.3 is 0 Å². The van der Waals surface area contributed by atoms with Gasteiger partial charge in [0, 0.05) is 6.07 Å². The molecule has 0 spiro atoms. The van der Waals surface area contributed by atoms with Gasteiger partial charge < -0.3 is 4.52 Å². The maximum absolute atomic E-state index is 13.4. The fraction of sp³-hybridized carbons (Fsp3) is 0.0909. The molecule has 18 heavy (non-hydrogen) atoms. The summed E-state index contributed by atoms with van der Waals surface area (Å²) in [7, 11) is 0. The third kappa shape index (κ3) is 2.60. The molecular weight excluding hydrogens is 261 g/mol. The normalized spacial score (nSPS) is 10.2. The number of nitrogens with zero attached hydrogens (tertiary/aromatic N) is 1. The Morgan fingerprint density at radius 2 is 2.28 bits per heavy atom. The molecule has 1 heterocycles. The highest BCUT2D eigenvalue weighted by atomic mass is 35.5. The predicted octanol–water partition coefficient (Wildman–Crippen LogP) is 2.53. The summed E-state index contributed by atoms with van der Waals surface area (Å²) in [6.45, 7) is 1.66. The van der Waals surface area contributed by atoms with Crippen molar-refractivity contribution in [2.45, 2.75) is 6.92 Å². The monoisotopic (exact) mass is 269 g/mol. The van der Waals surface area contributed by atoms with Gasteiger partial charge in [-0.1, -0.05) is 22.8 Å². The van der Waals surface area contributed by atoms with Crippen LogP contribution in [0.25, 0.3) is 0 Å². The maximum atomic E-state index is 13.4. The number of aryl methyl sites for hydroxylation is 1. The smallest absolute Gasteiger partial charge is 0.291 e. The van der Waals surface area contributed by atoms with Crippen molar-refractivity contribution in [3.8, 4) is 0 Å². The van der Waals surface area contributed by atoms with Gasteiger partial charge in [-0.25, -0.2) is 4.39 Å². The molecule has 0 saturated heterocycles. The molecule has 0 aliphatic heterocycles. The van der Waals surface area contributed by atoms with Crippen molar-refractivity contribution in [3.05, 3.63) is 46.6 Å². The molecule has 0 bridgehead atoms. The van der Waals surface area contributed by atoms with Crippen molar-refractivity contribution in [2.75, 3.05) is 5.43 Å². The highest BCUT2D eigenvalue weighted by Crippen LogP contribution is 2.23. The van der Waals surface area contributed by atoms with E-state index in [1.54, 1.807) is 6.92 Å². The van der Waals surface area contributed by atoms with Gasteiger partial charge in [0.2, 0.25) is 0 Å². The summed E-state index contributed by atoms with van der Waals surface area (Å²) < 4.78 is 18.1. The Bertz CT molecular complexity index is 565. The molecule has 0 aliphatic carbocycles. The van der Waals surface area contributed by atoms with Crippen molar-refractivity contribution in [1.29, 1.82) is 0 Å². The van der Waals surface area contributed by atoms with Crippen molar-refractivity contribution < 1.29 is 13.7 Å². The Morgan fingerprint density at radius 1 is 1.50 bits per heavy atom. The highest BCUT2D eigenvalue weighted by Gasteiger charge is 2.12. The van der Waals surface area contributed by atoms with Crippen molar-refractivity contribution in [1.82, 2.24) is 10.6 Å². The molecule has 0 fully saturated rings. The largest absolute Gasteiger partial charge is 0.361 e. The van der Waals surface area contributed by atoms with E-state index in [-0.39, 0.29) is 16.4 Å². The van der Waals surface area contributed by atoms with Crippen LogP contribution in [-0.2, 0) is 0 Å². The molecule has 5 nitrogen and oxygen atoms in total. The Morgan fingerprint density at radius 3 is 2.89 bits per heavy atom. The molecule has 2 aromatic rings. The number of carbonyl (C=O) groups is 1. The van der Waals surface area contributed by atoms with E-state index in [1.165, 1.54) is 24.3 Å². The van der Waals surface area contributed by atoms with E-state index in [1.807, 2.05) is 0 Å². The Balaban J connectivity index is 2.06. The number of para-hydroxylation sites is 1. The molecule has 2 N–H and O–H groups in total. The number of aromatic nitrogens is 1. The predicted molar refractivity (Wildman–Crippen MR) is 63.7 cm³/mol. The highest BCUT2D eigenvalue weighted by molar-refractivity contribution is 6.33. The molecule has 1 aromatic carbocycles. The van der Waals surface area contributed by atoms with Gasteiger partial charge in [-0.2, -0.15) is 0 Å². The first-order chi connectivity index (χ1) is 8.58. The minimum atomic E-state index is -0.570. The van der Waals surface area contributed by atoms with Crippen LogP contribution in [-0.4, -0.2) is 11.1 Å². The number of hydrazine groups is 1. The van der Waals surface area contributed by atoms with Gasteiger partial charge in [-0.3, -0.25) is 15.6 Å². The average molecular weight is 270 g/mol. The van der Waals surface area contributed by atoms with Crippen LogP contribution in [0.5, 0.6) is 0 Å². The summed E-state index contributed by atoms with van der Waals surface area (Å²) in [5, 5.41) is 3.68. The lowest BCUT2D eigenvalue weighted by molar-refractivity contribution is 0.0953. The first-order valence-electron chi connectivity index (χ1n) is 5.01. The minimum Gasteiger partial charge on any atom is -0.361 e. The molecule has 0 atom stereocenters. The van der Waals surface area contributed by atoms with E-state index >= 15 is 0 Å². The second kappa shape index (κ2) is 5.05. The molecule has 0 radical (unpaired) electrons. The number of carbonyl (C=O) groups excluding carboxylic acids is 1. The number of rotatable bonds is 3. The van der Waals surface area contributed by atoms with Crippen LogP contribution in [0.4, 0.5) is 10.1 Å². The maximum Gasteiger partial charge on any atom is 0.291 e. The molecule has 1 amide bonds. The van der Waals surface area contributed by atoms with E-state index < -0.39 is 11.7 Å². The van der Waals surface area contributed by atoms with Crippen LogP contribution in [0.2, 0.25) is 5.02 Å². The van der Waals surface area contributed by atoms with Crippen LogP contribution in [0.3, 0.4) is 0 Å². The summed E-state index contributed by atoms with van der Waals surface area (Å²) in [4.78, 5) is 11.6. The molecule has 0 aliphatic rings. The van der Waals surface area contributed by atoms with Crippen molar-refractivity contribution >= 4 is 23.2 Å². The van der Waals surface area contributed by atoms with Gasteiger partial charge in [-0.15, -0.1) is 0 Å². The van der Waals surface area contributed by atoms with Crippen LogP contribution < -0.4 is 10.9 Å². The fourth-order valence-electron chi connectivity index (χ4n) is 1.27.